The van der Waals surface area contributed by atoms with Gasteiger partial charge in [0.05, 0.1) is 11.8 Å². The van der Waals surface area contributed by atoms with E-state index in [2.05, 4.69) is 11.1 Å². The highest BCUT2D eigenvalue weighted by Gasteiger charge is 2.47. The average molecular weight is 328 g/mol. The number of hydrogen-bond acceptors (Lipinski definition) is 4. The smallest absolute Gasteiger partial charge is 0.160 e. The van der Waals surface area contributed by atoms with Crippen LogP contribution in [0.2, 0.25) is 0 Å². The van der Waals surface area contributed by atoms with Gasteiger partial charge in [-0.15, -0.1) is 11.3 Å². The topological polar surface area (TPSA) is 53.8 Å². The van der Waals surface area contributed by atoms with Crippen molar-refractivity contribution in [1.82, 2.24) is 4.98 Å². The number of hydrogen-bond donors (Lipinski definition) is 0. The molecule has 0 radical (unpaired) electrons. The van der Waals surface area contributed by atoms with Gasteiger partial charge in [-0.25, -0.2) is 9.37 Å². The lowest BCUT2D eigenvalue weighted by Crippen LogP contribution is -2.13. The molecule has 0 N–H and O–H groups in total. The first-order valence-corrected chi connectivity index (χ1v) is 8.51. The van der Waals surface area contributed by atoms with Crippen molar-refractivity contribution < 1.29 is 9.18 Å². The molecule has 1 aliphatic rings. The van der Waals surface area contributed by atoms with Crippen molar-refractivity contribution in [3.63, 3.8) is 0 Å². The Morgan fingerprint density at radius 2 is 2.35 bits per heavy atom. The van der Waals surface area contributed by atoms with Gasteiger partial charge in [0.15, 0.2) is 11.7 Å². The van der Waals surface area contributed by atoms with Crippen molar-refractivity contribution >= 4 is 17.1 Å². The molecule has 1 saturated carbocycles. The molecule has 23 heavy (non-hydrogen) atoms. The Labute approximate surface area is 138 Å². The van der Waals surface area contributed by atoms with Gasteiger partial charge in [-0.05, 0) is 43.4 Å². The molecule has 3 nitrogen and oxygen atoms in total. The summed E-state index contributed by atoms with van der Waals surface area (Å²) in [6.07, 6.45) is 1.48. The molecule has 1 fully saturated rings. The van der Waals surface area contributed by atoms with Crippen molar-refractivity contribution in [3.05, 3.63) is 51.2 Å². The first kappa shape index (κ1) is 15.8. The SMILES string of the molecule is CCc1nc([C@H](C#N)C(=O)[C@@H]2C[C@H]2c2cccc(F)c2)sc1C. The molecule has 0 aliphatic heterocycles. The zero-order valence-corrected chi connectivity index (χ0v) is 13.9. The molecule has 3 rings (SSSR count). The van der Waals surface area contributed by atoms with Crippen LogP contribution in [0.25, 0.3) is 0 Å². The number of halogens is 1. The monoisotopic (exact) mass is 328 g/mol. The van der Waals surface area contributed by atoms with Crippen molar-refractivity contribution in [3.8, 4) is 6.07 Å². The van der Waals surface area contributed by atoms with Crippen LogP contribution in [0.3, 0.4) is 0 Å². The minimum Gasteiger partial charge on any atom is -0.297 e. The summed E-state index contributed by atoms with van der Waals surface area (Å²) in [5.74, 6) is -1.35. The summed E-state index contributed by atoms with van der Waals surface area (Å²) in [4.78, 5) is 18.2. The Bertz CT molecular complexity index is 793. The summed E-state index contributed by atoms with van der Waals surface area (Å²) in [5, 5.41) is 10.0. The molecule has 0 bridgehead atoms. The first-order chi connectivity index (χ1) is 11.0. The number of nitriles is 1. The number of Topliss-reactive ketones (excluding diaryl/α,β-unsaturated/α-hetero) is 1. The Morgan fingerprint density at radius 3 is 2.96 bits per heavy atom. The molecule has 0 unspecified atom stereocenters. The molecule has 0 amide bonds. The number of benzene rings is 1. The van der Waals surface area contributed by atoms with Gasteiger partial charge in [-0.2, -0.15) is 5.26 Å². The van der Waals surface area contributed by atoms with E-state index < -0.39 is 5.92 Å². The third-order valence-electron chi connectivity index (χ3n) is 4.34. The van der Waals surface area contributed by atoms with Gasteiger partial charge in [-0.3, -0.25) is 4.79 Å². The van der Waals surface area contributed by atoms with E-state index in [1.165, 1.54) is 23.5 Å². The lowest BCUT2D eigenvalue weighted by atomic mass is 9.99. The first-order valence-electron chi connectivity index (χ1n) is 7.70. The molecule has 2 aromatic rings. The Balaban J connectivity index is 1.78. The van der Waals surface area contributed by atoms with Crippen LogP contribution in [0.15, 0.2) is 24.3 Å². The fourth-order valence-corrected chi connectivity index (χ4v) is 4.04. The van der Waals surface area contributed by atoms with Crippen molar-refractivity contribution in [2.24, 2.45) is 5.92 Å². The Hall–Kier alpha value is -2.06. The quantitative estimate of drug-likeness (QED) is 0.829. The number of carbonyl (C=O) groups excluding carboxylic acids is 1. The van der Waals surface area contributed by atoms with E-state index in [1.807, 2.05) is 19.9 Å². The van der Waals surface area contributed by atoms with Gasteiger partial charge in [0.1, 0.15) is 10.8 Å². The number of nitrogens with zero attached hydrogens (tertiary/aromatic N) is 2. The summed E-state index contributed by atoms with van der Waals surface area (Å²) in [6.45, 7) is 3.97. The molecule has 3 atom stereocenters. The van der Waals surface area contributed by atoms with E-state index in [-0.39, 0.29) is 23.4 Å². The third kappa shape index (κ3) is 3.04. The van der Waals surface area contributed by atoms with Gasteiger partial charge in [0, 0.05) is 10.8 Å². The van der Waals surface area contributed by atoms with E-state index in [1.54, 1.807) is 6.07 Å². The summed E-state index contributed by atoms with van der Waals surface area (Å²) in [6, 6.07) is 8.48. The second-order valence-corrected chi connectivity index (χ2v) is 7.11. The lowest BCUT2D eigenvalue weighted by molar-refractivity contribution is -0.120. The standard InChI is InChI=1S/C18H17FN2OS/c1-3-16-10(2)23-18(21-16)15(9-20)17(22)14-8-13(14)11-5-4-6-12(19)7-11/h4-7,13-15H,3,8H2,1-2H3/t13-,14+,15+/m0/s1. The van der Waals surface area contributed by atoms with Crippen LogP contribution in [0.4, 0.5) is 4.39 Å². The van der Waals surface area contributed by atoms with Crippen LogP contribution in [-0.2, 0) is 11.2 Å². The van der Waals surface area contributed by atoms with Gasteiger partial charge in [-0.1, -0.05) is 19.1 Å². The third-order valence-corrected chi connectivity index (χ3v) is 5.42. The normalized spacial score (nSPS) is 20.8. The van der Waals surface area contributed by atoms with E-state index in [0.29, 0.717) is 11.4 Å². The van der Waals surface area contributed by atoms with E-state index >= 15 is 0 Å². The highest BCUT2D eigenvalue weighted by Crippen LogP contribution is 2.50. The minimum absolute atomic E-state index is 0.0285. The second-order valence-electron chi connectivity index (χ2n) is 5.88. The molecule has 0 saturated heterocycles. The number of ketones is 1. The molecule has 1 aromatic heterocycles. The van der Waals surface area contributed by atoms with Gasteiger partial charge >= 0.3 is 0 Å². The highest BCUT2D eigenvalue weighted by molar-refractivity contribution is 7.11. The maximum atomic E-state index is 13.3. The second kappa shape index (κ2) is 6.21. The Kier molecular flexibility index (Phi) is 4.27. The predicted molar refractivity (Wildman–Crippen MR) is 86.8 cm³/mol. The predicted octanol–water partition coefficient (Wildman–Crippen LogP) is 4.13. The fourth-order valence-electron chi connectivity index (χ4n) is 2.97. The molecular formula is C18H17FN2OS. The number of carbonyl (C=O) groups is 1. The molecule has 1 aliphatic carbocycles. The van der Waals surface area contributed by atoms with E-state index in [9.17, 15) is 14.4 Å². The van der Waals surface area contributed by atoms with E-state index in [4.69, 9.17) is 0 Å². The molecular weight excluding hydrogens is 311 g/mol. The number of aromatic nitrogens is 1. The Morgan fingerprint density at radius 1 is 1.57 bits per heavy atom. The summed E-state index contributed by atoms with van der Waals surface area (Å²) >= 11 is 1.43. The van der Waals surface area contributed by atoms with Crippen LogP contribution < -0.4 is 0 Å². The summed E-state index contributed by atoms with van der Waals surface area (Å²) in [7, 11) is 0. The minimum atomic E-state index is -0.803. The van der Waals surface area contributed by atoms with Crippen molar-refractivity contribution in [2.75, 3.05) is 0 Å². The number of rotatable bonds is 5. The summed E-state index contributed by atoms with van der Waals surface area (Å²) in [5.41, 5.74) is 1.79. The van der Waals surface area contributed by atoms with Gasteiger partial charge < -0.3 is 0 Å². The average Bonchev–Trinajstić information content (AvgIpc) is 3.25. The van der Waals surface area contributed by atoms with Crippen LogP contribution in [0, 0.1) is 30.0 Å². The van der Waals surface area contributed by atoms with Crippen LogP contribution in [0.1, 0.15) is 46.3 Å². The lowest BCUT2D eigenvalue weighted by Gasteiger charge is -2.05. The summed E-state index contributed by atoms with van der Waals surface area (Å²) < 4.78 is 13.3. The zero-order valence-electron chi connectivity index (χ0n) is 13.0. The van der Waals surface area contributed by atoms with Crippen LogP contribution >= 0.6 is 11.3 Å². The zero-order chi connectivity index (χ0) is 16.6. The van der Waals surface area contributed by atoms with Gasteiger partial charge in [0.25, 0.3) is 0 Å². The van der Waals surface area contributed by atoms with Gasteiger partial charge in [0.2, 0.25) is 0 Å². The number of aryl methyl sites for hydroxylation is 2. The molecule has 1 aromatic carbocycles. The van der Waals surface area contributed by atoms with Crippen molar-refractivity contribution in [1.29, 1.82) is 5.26 Å². The maximum Gasteiger partial charge on any atom is 0.160 e. The van der Waals surface area contributed by atoms with Crippen molar-refractivity contribution in [2.45, 2.75) is 38.5 Å². The molecule has 0 spiro atoms. The highest BCUT2D eigenvalue weighted by atomic mass is 32.1. The van der Waals surface area contributed by atoms with Crippen LogP contribution in [0.5, 0.6) is 0 Å². The largest absolute Gasteiger partial charge is 0.297 e. The molecule has 5 heteroatoms. The van der Waals surface area contributed by atoms with Crippen LogP contribution in [-0.4, -0.2) is 10.8 Å². The molecule has 118 valence electrons. The maximum absolute atomic E-state index is 13.3. The number of thiazole rings is 1. The molecule has 1 heterocycles. The fraction of sp³-hybridized carbons (Fsp3) is 0.389. The van der Waals surface area contributed by atoms with E-state index in [0.717, 1.165) is 22.6 Å².